The van der Waals surface area contributed by atoms with Gasteiger partial charge in [-0.3, -0.25) is 4.68 Å². The Morgan fingerprint density at radius 3 is 2.54 bits per heavy atom. The molecule has 0 aliphatic carbocycles. The molecule has 6 nitrogen and oxygen atoms in total. The summed E-state index contributed by atoms with van der Waals surface area (Å²) in [6.07, 6.45) is 1.69. The van der Waals surface area contributed by atoms with E-state index < -0.39 is 10.0 Å². The minimum Gasteiger partial charge on any atom is -0.315 e. The second-order valence-corrected chi connectivity index (χ2v) is 8.67. The van der Waals surface area contributed by atoms with Crippen LogP contribution in [0.4, 0.5) is 0 Å². The molecule has 8 heteroatoms. The van der Waals surface area contributed by atoms with Gasteiger partial charge in [-0.1, -0.05) is 20.8 Å². The molecule has 0 radical (unpaired) electrons. The van der Waals surface area contributed by atoms with E-state index in [-0.39, 0.29) is 18.4 Å². The van der Waals surface area contributed by atoms with Gasteiger partial charge in [0.25, 0.3) is 0 Å². The van der Waals surface area contributed by atoms with Crippen LogP contribution >= 0.6 is 12.4 Å². The molecule has 140 valence electrons. The molecule has 1 aliphatic rings. The Labute approximate surface area is 152 Å². The standard InChI is InChI=1S/C16H30N4O2S.ClH/c1-6-9-20(15-7-8-17-10-15)23(21,22)16-13(4)18-19(14(16)5)11-12(2)3;/h12,15,17H,6-11H2,1-5H3;1H. The zero-order chi connectivity index (χ0) is 17.2. The fourth-order valence-corrected chi connectivity index (χ4v) is 5.42. The third-order valence-corrected chi connectivity index (χ3v) is 6.51. The molecule has 0 aromatic carbocycles. The summed E-state index contributed by atoms with van der Waals surface area (Å²) < 4.78 is 30.1. The molecule has 0 amide bonds. The van der Waals surface area contributed by atoms with Crippen LogP contribution in [0.1, 0.15) is 45.0 Å². The van der Waals surface area contributed by atoms with Gasteiger partial charge in [-0.15, -0.1) is 12.4 Å². The van der Waals surface area contributed by atoms with Crippen LogP contribution in [0.25, 0.3) is 0 Å². The zero-order valence-corrected chi connectivity index (χ0v) is 17.0. The number of nitrogens with one attached hydrogen (secondary N) is 1. The molecule has 1 aromatic heterocycles. The van der Waals surface area contributed by atoms with E-state index in [0.29, 0.717) is 23.1 Å². The maximum atomic E-state index is 13.3. The van der Waals surface area contributed by atoms with E-state index in [1.807, 2.05) is 18.5 Å². The molecule has 0 spiro atoms. The fraction of sp³-hybridized carbons (Fsp3) is 0.812. The number of rotatable bonds is 7. The van der Waals surface area contributed by atoms with Gasteiger partial charge in [-0.25, -0.2) is 8.42 Å². The first-order valence-corrected chi connectivity index (χ1v) is 9.99. The highest BCUT2D eigenvalue weighted by molar-refractivity contribution is 7.89. The molecular formula is C16H31ClN4O2S. The Kier molecular flexibility index (Phi) is 7.72. The van der Waals surface area contributed by atoms with E-state index >= 15 is 0 Å². The van der Waals surface area contributed by atoms with Gasteiger partial charge in [0.1, 0.15) is 4.90 Å². The molecule has 2 rings (SSSR count). The van der Waals surface area contributed by atoms with E-state index in [2.05, 4.69) is 24.3 Å². The van der Waals surface area contributed by atoms with Crippen molar-refractivity contribution < 1.29 is 8.42 Å². The van der Waals surface area contributed by atoms with Gasteiger partial charge in [0.2, 0.25) is 10.0 Å². The molecule has 0 saturated carbocycles. The SMILES string of the molecule is CCCN(C1CCNC1)S(=O)(=O)c1c(C)nn(CC(C)C)c1C.Cl. The third-order valence-electron chi connectivity index (χ3n) is 4.31. The predicted octanol–water partition coefficient (Wildman–Crippen LogP) is 2.34. The second kappa shape index (κ2) is 8.65. The van der Waals surface area contributed by atoms with Crippen LogP contribution in [-0.4, -0.2) is 48.2 Å². The minimum atomic E-state index is -3.51. The molecule has 1 N–H and O–H groups in total. The predicted molar refractivity (Wildman–Crippen MR) is 99.2 cm³/mol. The Morgan fingerprint density at radius 1 is 1.38 bits per heavy atom. The van der Waals surface area contributed by atoms with Crippen molar-refractivity contribution in [3.63, 3.8) is 0 Å². The number of halogens is 1. The van der Waals surface area contributed by atoms with Crippen LogP contribution in [0.5, 0.6) is 0 Å². The van der Waals surface area contributed by atoms with E-state index in [1.165, 1.54) is 0 Å². The Morgan fingerprint density at radius 2 is 2.04 bits per heavy atom. The molecule has 1 saturated heterocycles. The summed E-state index contributed by atoms with van der Waals surface area (Å²) in [5, 5.41) is 7.75. The first kappa shape index (κ1) is 21.4. The summed E-state index contributed by atoms with van der Waals surface area (Å²) in [6.45, 7) is 12.8. The van der Waals surface area contributed by atoms with E-state index in [1.54, 1.807) is 11.2 Å². The van der Waals surface area contributed by atoms with Crippen molar-refractivity contribution >= 4 is 22.4 Å². The zero-order valence-electron chi connectivity index (χ0n) is 15.4. The van der Waals surface area contributed by atoms with Gasteiger partial charge >= 0.3 is 0 Å². The lowest BCUT2D eigenvalue weighted by atomic mass is 10.2. The van der Waals surface area contributed by atoms with Crippen LogP contribution in [0.3, 0.4) is 0 Å². The number of nitrogens with zero attached hydrogens (tertiary/aromatic N) is 3. The Bertz CT molecular complexity index is 637. The lowest BCUT2D eigenvalue weighted by molar-refractivity contribution is 0.334. The largest absolute Gasteiger partial charge is 0.315 e. The van der Waals surface area contributed by atoms with Crippen molar-refractivity contribution in [3.05, 3.63) is 11.4 Å². The summed E-state index contributed by atoms with van der Waals surface area (Å²) in [7, 11) is -3.51. The Hall–Kier alpha value is -0.630. The number of hydrogen-bond acceptors (Lipinski definition) is 4. The average molecular weight is 379 g/mol. The maximum absolute atomic E-state index is 13.3. The van der Waals surface area contributed by atoms with Gasteiger partial charge in [0.15, 0.2) is 0 Å². The first-order valence-electron chi connectivity index (χ1n) is 8.55. The van der Waals surface area contributed by atoms with Gasteiger partial charge in [0, 0.05) is 25.7 Å². The fourth-order valence-electron chi connectivity index (χ4n) is 3.30. The highest BCUT2D eigenvalue weighted by atomic mass is 35.5. The molecular weight excluding hydrogens is 348 g/mol. The van der Waals surface area contributed by atoms with Crippen molar-refractivity contribution in [2.24, 2.45) is 5.92 Å². The summed E-state index contributed by atoms with van der Waals surface area (Å²) in [5.74, 6) is 0.425. The Balaban J connectivity index is 0.00000288. The van der Waals surface area contributed by atoms with Crippen molar-refractivity contribution in [1.82, 2.24) is 19.4 Å². The summed E-state index contributed by atoms with van der Waals surface area (Å²) >= 11 is 0. The van der Waals surface area contributed by atoms with Crippen LogP contribution in [0.2, 0.25) is 0 Å². The molecule has 2 heterocycles. The second-order valence-electron chi connectivity index (χ2n) is 6.84. The van der Waals surface area contributed by atoms with Gasteiger partial charge in [0.05, 0.1) is 11.4 Å². The molecule has 1 aromatic rings. The minimum absolute atomic E-state index is 0. The van der Waals surface area contributed by atoms with Crippen molar-refractivity contribution in [1.29, 1.82) is 0 Å². The summed E-state index contributed by atoms with van der Waals surface area (Å²) in [6, 6.07) is 0.0483. The number of sulfonamides is 1. The van der Waals surface area contributed by atoms with Crippen LogP contribution in [0, 0.1) is 19.8 Å². The van der Waals surface area contributed by atoms with Crippen molar-refractivity contribution in [2.45, 2.75) is 64.9 Å². The van der Waals surface area contributed by atoms with Crippen molar-refractivity contribution in [2.75, 3.05) is 19.6 Å². The topological polar surface area (TPSA) is 67.2 Å². The number of aromatic nitrogens is 2. The highest BCUT2D eigenvalue weighted by Crippen LogP contribution is 2.27. The summed E-state index contributed by atoms with van der Waals surface area (Å²) in [5.41, 5.74) is 1.36. The monoisotopic (exact) mass is 378 g/mol. The molecule has 1 aliphatic heterocycles. The normalized spacial score (nSPS) is 18.4. The van der Waals surface area contributed by atoms with Gasteiger partial charge in [-0.2, -0.15) is 9.40 Å². The molecule has 24 heavy (non-hydrogen) atoms. The average Bonchev–Trinajstić information content (AvgIpc) is 3.04. The van der Waals surface area contributed by atoms with Gasteiger partial charge in [-0.05, 0) is 39.2 Å². The molecule has 0 bridgehead atoms. The number of hydrogen-bond donors (Lipinski definition) is 1. The lowest BCUT2D eigenvalue weighted by Crippen LogP contribution is -2.42. The van der Waals surface area contributed by atoms with Crippen LogP contribution in [0.15, 0.2) is 4.90 Å². The summed E-state index contributed by atoms with van der Waals surface area (Å²) in [4.78, 5) is 0.401. The molecule has 1 atom stereocenters. The maximum Gasteiger partial charge on any atom is 0.247 e. The quantitative estimate of drug-likeness (QED) is 0.790. The molecule has 1 fully saturated rings. The van der Waals surface area contributed by atoms with E-state index in [4.69, 9.17) is 0 Å². The van der Waals surface area contributed by atoms with E-state index in [9.17, 15) is 8.42 Å². The van der Waals surface area contributed by atoms with Gasteiger partial charge < -0.3 is 5.32 Å². The third kappa shape index (κ3) is 4.31. The highest BCUT2D eigenvalue weighted by Gasteiger charge is 2.36. The van der Waals surface area contributed by atoms with Crippen LogP contribution < -0.4 is 5.32 Å². The lowest BCUT2D eigenvalue weighted by Gasteiger charge is -2.27. The molecule has 1 unspecified atom stereocenters. The van der Waals surface area contributed by atoms with Crippen LogP contribution in [-0.2, 0) is 16.6 Å². The number of aryl methyl sites for hydroxylation is 1. The smallest absolute Gasteiger partial charge is 0.247 e. The first-order chi connectivity index (χ1) is 10.8. The van der Waals surface area contributed by atoms with Crippen molar-refractivity contribution in [3.8, 4) is 0 Å². The van der Waals surface area contributed by atoms with E-state index in [0.717, 1.165) is 38.2 Å².